The topological polar surface area (TPSA) is 41.6 Å². The molecular formula is C9H6F3N3S. The van der Waals surface area contributed by atoms with Gasteiger partial charge < -0.3 is 0 Å². The van der Waals surface area contributed by atoms with E-state index in [1.54, 1.807) is 12.3 Å². The lowest BCUT2D eigenvalue weighted by Gasteiger charge is -2.09. The number of hydrogen-bond donors (Lipinski definition) is 1. The molecule has 0 aliphatic rings. The molecule has 84 valence electrons. The molecule has 2 heterocycles. The van der Waals surface area contributed by atoms with E-state index in [1.165, 1.54) is 12.3 Å². The van der Waals surface area contributed by atoms with Crippen LogP contribution in [0.4, 0.5) is 13.2 Å². The standard InChI is InChI=1S/C9H6F3N3S/c10-9(11,12)6-2-1-4-13-8(6)16-7-3-5-14-15-7/h1-5H,(H,14,15). The zero-order chi connectivity index (χ0) is 11.6. The van der Waals surface area contributed by atoms with Crippen molar-refractivity contribution in [3.8, 4) is 0 Å². The van der Waals surface area contributed by atoms with Gasteiger partial charge in [-0.1, -0.05) is 0 Å². The summed E-state index contributed by atoms with van der Waals surface area (Å²) in [5.41, 5.74) is -0.747. The molecule has 0 spiro atoms. The first kappa shape index (κ1) is 11.0. The average molecular weight is 245 g/mol. The summed E-state index contributed by atoms with van der Waals surface area (Å²) in [5.74, 6) is 0. The molecule has 0 aliphatic heterocycles. The fourth-order valence-electron chi connectivity index (χ4n) is 1.09. The summed E-state index contributed by atoms with van der Waals surface area (Å²) in [4.78, 5) is 3.71. The van der Waals surface area contributed by atoms with Gasteiger partial charge in [0.1, 0.15) is 10.1 Å². The summed E-state index contributed by atoms with van der Waals surface area (Å²) >= 11 is 0.874. The zero-order valence-corrected chi connectivity index (χ0v) is 8.64. The highest BCUT2D eigenvalue weighted by molar-refractivity contribution is 7.99. The molecule has 2 aromatic heterocycles. The predicted molar refractivity (Wildman–Crippen MR) is 51.9 cm³/mol. The van der Waals surface area contributed by atoms with Crippen molar-refractivity contribution >= 4 is 11.8 Å². The second-order valence-electron chi connectivity index (χ2n) is 2.87. The Bertz CT molecular complexity index is 467. The van der Waals surface area contributed by atoms with Gasteiger partial charge in [-0.25, -0.2) is 4.98 Å². The molecule has 0 saturated carbocycles. The number of halogens is 3. The molecule has 0 aromatic carbocycles. The highest BCUT2D eigenvalue weighted by Gasteiger charge is 2.34. The van der Waals surface area contributed by atoms with Gasteiger partial charge in [-0.15, -0.1) is 0 Å². The van der Waals surface area contributed by atoms with Crippen molar-refractivity contribution in [2.24, 2.45) is 0 Å². The minimum absolute atomic E-state index is 0.0953. The number of nitrogens with one attached hydrogen (secondary N) is 1. The molecule has 0 aliphatic carbocycles. The van der Waals surface area contributed by atoms with Gasteiger partial charge in [-0.2, -0.15) is 18.3 Å². The van der Waals surface area contributed by atoms with Crippen LogP contribution in [0.5, 0.6) is 0 Å². The van der Waals surface area contributed by atoms with Crippen LogP contribution in [0, 0.1) is 0 Å². The fourth-order valence-corrected chi connectivity index (χ4v) is 1.93. The first-order chi connectivity index (χ1) is 7.57. The summed E-state index contributed by atoms with van der Waals surface area (Å²) in [6, 6.07) is 3.85. The second kappa shape index (κ2) is 4.17. The van der Waals surface area contributed by atoms with E-state index in [-0.39, 0.29) is 5.03 Å². The van der Waals surface area contributed by atoms with Crippen molar-refractivity contribution in [1.82, 2.24) is 15.2 Å². The third kappa shape index (κ3) is 2.35. The van der Waals surface area contributed by atoms with E-state index < -0.39 is 11.7 Å². The Morgan fingerprint density at radius 1 is 1.25 bits per heavy atom. The predicted octanol–water partition coefficient (Wildman–Crippen LogP) is 2.97. The van der Waals surface area contributed by atoms with Gasteiger partial charge in [0.25, 0.3) is 0 Å². The molecule has 0 radical (unpaired) electrons. The smallest absolute Gasteiger partial charge is 0.285 e. The first-order valence-corrected chi connectivity index (χ1v) is 5.09. The summed E-state index contributed by atoms with van der Waals surface area (Å²) in [6.07, 6.45) is -1.53. The number of aromatic amines is 1. The maximum Gasteiger partial charge on any atom is 0.419 e. The Balaban J connectivity index is 2.34. The Labute approximate surface area is 93.1 Å². The van der Waals surface area contributed by atoms with Crippen LogP contribution in [0.15, 0.2) is 40.6 Å². The van der Waals surface area contributed by atoms with E-state index in [1.807, 2.05) is 0 Å². The minimum atomic E-state index is -4.40. The molecule has 0 saturated heterocycles. The molecule has 2 aromatic rings. The molecule has 2 rings (SSSR count). The molecule has 0 unspecified atom stereocenters. The van der Waals surface area contributed by atoms with Crippen molar-refractivity contribution in [3.63, 3.8) is 0 Å². The highest BCUT2D eigenvalue weighted by Crippen LogP contribution is 2.37. The third-order valence-corrected chi connectivity index (χ3v) is 2.71. The van der Waals surface area contributed by atoms with E-state index in [0.717, 1.165) is 17.8 Å². The zero-order valence-electron chi connectivity index (χ0n) is 7.82. The van der Waals surface area contributed by atoms with E-state index in [9.17, 15) is 13.2 Å². The normalized spacial score (nSPS) is 11.7. The van der Waals surface area contributed by atoms with Gasteiger partial charge in [0.05, 0.1) is 5.56 Å². The summed E-state index contributed by atoms with van der Waals surface area (Å²) < 4.78 is 37.8. The Morgan fingerprint density at radius 3 is 2.69 bits per heavy atom. The lowest BCUT2D eigenvalue weighted by Crippen LogP contribution is -2.07. The van der Waals surface area contributed by atoms with Crippen LogP contribution in [0.2, 0.25) is 0 Å². The van der Waals surface area contributed by atoms with Crippen molar-refractivity contribution in [3.05, 3.63) is 36.2 Å². The first-order valence-electron chi connectivity index (χ1n) is 4.27. The van der Waals surface area contributed by atoms with Crippen molar-refractivity contribution in [1.29, 1.82) is 0 Å². The van der Waals surface area contributed by atoms with Gasteiger partial charge in [-0.3, -0.25) is 5.10 Å². The number of H-pyrrole nitrogens is 1. The number of hydrogen-bond acceptors (Lipinski definition) is 3. The summed E-state index contributed by atoms with van der Waals surface area (Å²) in [6.45, 7) is 0. The number of rotatable bonds is 2. The largest absolute Gasteiger partial charge is 0.419 e. The van der Waals surface area contributed by atoms with Crippen LogP contribution in [0.3, 0.4) is 0 Å². The Kier molecular flexibility index (Phi) is 2.86. The maximum absolute atomic E-state index is 12.6. The summed E-state index contributed by atoms with van der Waals surface area (Å²) in [5, 5.41) is 6.65. The van der Waals surface area contributed by atoms with Crippen molar-refractivity contribution in [2.75, 3.05) is 0 Å². The van der Waals surface area contributed by atoms with Crippen LogP contribution in [-0.2, 0) is 6.18 Å². The molecule has 0 atom stereocenters. The van der Waals surface area contributed by atoms with Gasteiger partial charge in [0.2, 0.25) is 0 Å². The van der Waals surface area contributed by atoms with E-state index in [0.29, 0.717) is 5.03 Å². The fraction of sp³-hybridized carbons (Fsp3) is 0.111. The SMILES string of the molecule is FC(F)(F)c1cccnc1Sc1cc[nH]n1. The van der Waals surface area contributed by atoms with Crippen LogP contribution in [0.1, 0.15) is 5.56 Å². The lowest BCUT2D eigenvalue weighted by molar-refractivity contribution is -0.140. The number of pyridine rings is 1. The van der Waals surface area contributed by atoms with E-state index in [2.05, 4.69) is 15.2 Å². The number of alkyl halides is 3. The van der Waals surface area contributed by atoms with Crippen LogP contribution >= 0.6 is 11.8 Å². The third-order valence-electron chi connectivity index (χ3n) is 1.75. The minimum Gasteiger partial charge on any atom is -0.285 e. The monoisotopic (exact) mass is 245 g/mol. The average Bonchev–Trinajstić information content (AvgIpc) is 2.70. The molecule has 0 amide bonds. The Morgan fingerprint density at radius 2 is 2.06 bits per heavy atom. The molecular weight excluding hydrogens is 239 g/mol. The molecule has 0 bridgehead atoms. The second-order valence-corrected chi connectivity index (χ2v) is 3.88. The van der Waals surface area contributed by atoms with Gasteiger partial charge in [0, 0.05) is 12.4 Å². The van der Waals surface area contributed by atoms with Crippen LogP contribution in [0.25, 0.3) is 0 Å². The van der Waals surface area contributed by atoms with Gasteiger partial charge >= 0.3 is 6.18 Å². The van der Waals surface area contributed by atoms with Crippen LogP contribution < -0.4 is 0 Å². The van der Waals surface area contributed by atoms with Gasteiger partial charge in [0.15, 0.2) is 0 Å². The van der Waals surface area contributed by atoms with Gasteiger partial charge in [-0.05, 0) is 30.0 Å². The quantitative estimate of drug-likeness (QED) is 0.884. The number of aromatic nitrogens is 3. The maximum atomic E-state index is 12.6. The van der Waals surface area contributed by atoms with E-state index in [4.69, 9.17) is 0 Å². The Hall–Kier alpha value is -1.50. The van der Waals surface area contributed by atoms with E-state index >= 15 is 0 Å². The highest BCUT2D eigenvalue weighted by atomic mass is 32.2. The molecule has 1 N–H and O–H groups in total. The molecule has 0 fully saturated rings. The molecule has 3 nitrogen and oxygen atoms in total. The van der Waals surface area contributed by atoms with Crippen LogP contribution in [-0.4, -0.2) is 15.2 Å². The van der Waals surface area contributed by atoms with Crippen molar-refractivity contribution < 1.29 is 13.2 Å². The summed E-state index contributed by atoms with van der Waals surface area (Å²) in [7, 11) is 0. The number of nitrogens with zero attached hydrogens (tertiary/aromatic N) is 2. The van der Waals surface area contributed by atoms with Crippen molar-refractivity contribution in [2.45, 2.75) is 16.2 Å². The molecule has 7 heteroatoms. The molecule has 16 heavy (non-hydrogen) atoms. The lowest BCUT2D eigenvalue weighted by atomic mass is 10.3.